The predicted octanol–water partition coefficient (Wildman–Crippen LogP) is 2.16. The summed E-state index contributed by atoms with van der Waals surface area (Å²) in [5.41, 5.74) is 0.606. The molecule has 1 heterocycles. The molecule has 132 valence electrons. The van der Waals surface area contributed by atoms with Gasteiger partial charge in [-0.1, -0.05) is 36.4 Å². The summed E-state index contributed by atoms with van der Waals surface area (Å²) in [6.07, 6.45) is 0.757. The fourth-order valence-electron chi connectivity index (χ4n) is 2.61. The third-order valence-corrected chi connectivity index (χ3v) is 4.13. The molecular formula is C19H22N2O4. The second kappa shape index (κ2) is 7.44. The lowest BCUT2D eigenvalue weighted by Gasteiger charge is -2.24. The largest absolute Gasteiger partial charge is 0.454 e. The van der Waals surface area contributed by atoms with Crippen molar-refractivity contribution in [2.75, 3.05) is 19.9 Å². The normalized spacial score (nSPS) is 14.6. The van der Waals surface area contributed by atoms with Crippen LogP contribution in [0, 0.1) is 0 Å². The molecule has 2 aromatic carbocycles. The fourth-order valence-corrected chi connectivity index (χ4v) is 2.61. The summed E-state index contributed by atoms with van der Waals surface area (Å²) >= 11 is 0. The minimum absolute atomic E-state index is 0.0871. The summed E-state index contributed by atoms with van der Waals surface area (Å²) < 4.78 is 10.6. The molecule has 0 fully saturated rings. The molecule has 25 heavy (non-hydrogen) atoms. The number of amides is 2. The van der Waals surface area contributed by atoms with Crippen LogP contribution in [0.5, 0.6) is 11.5 Å². The molecule has 6 nitrogen and oxygen atoms in total. The van der Waals surface area contributed by atoms with Gasteiger partial charge in [-0.15, -0.1) is 0 Å². The first kappa shape index (κ1) is 17.1. The fraction of sp³-hybridized carbons (Fsp3) is 0.316. The molecule has 0 radical (unpaired) electrons. The molecule has 0 saturated carbocycles. The number of nitrogens with one attached hydrogen (secondary N) is 2. The van der Waals surface area contributed by atoms with Gasteiger partial charge in [0.1, 0.15) is 5.60 Å². The third kappa shape index (κ3) is 4.42. The van der Waals surface area contributed by atoms with Crippen molar-refractivity contribution in [3.63, 3.8) is 0 Å². The van der Waals surface area contributed by atoms with E-state index in [9.17, 15) is 9.90 Å². The monoisotopic (exact) mass is 342 g/mol. The molecule has 0 spiro atoms. The number of rotatable bonds is 6. The highest BCUT2D eigenvalue weighted by atomic mass is 16.7. The molecule has 0 aromatic heterocycles. The first-order valence-corrected chi connectivity index (χ1v) is 8.23. The lowest BCUT2D eigenvalue weighted by Crippen LogP contribution is -2.43. The Morgan fingerprint density at radius 3 is 2.68 bits per heavy atom. The summed E-state index contributed by atoms with van der Waals surface area (Å²) in [5.74, 6) is 1.26. The second-order valence-corrected chi connectivity index (χ2v) is 6.19. The third-order valence-electron chi connectivity index (χ3n) is 4.13. The Morgan fingerprint density at radius 1 is 1.12 bits per heavy atom. The van der Waals surface area contributed by atoms with Crippen LogP contribution in [-0.2, 0) is 12.0 Å². The smallest absolute Gasteiger partial charge is 0.314 e. The van der Waals surface area contributed by atoms with Crippen LogP contribution in [0.2, 0.25) is 0 Å². The zero-order valence-corrected chi connectivity index (χ0v) is 14.1. The Hall–Kier alpha value is -2.73. The Labute approximate surface area is 146 Å². The van der Waals surface area contributed by atoms with E-state index >= 15 is 0 Å². The first-order valence-electron chi connectivity index (χ1n) is 8.23. The van der Waals surface area contributed by atoms with Crippen molar-refractivity contribution in [3.05, 3.63) is 59.7 Å². The van der Waals surface area contributed by atoms with E-state index in [2.05, 4.69) is 10.6 Å². The van der Waals surface area contributed by atoms with Crippen LogP contribution in [0.4, 0.5) is 4.79 Å². The Kier molecular flexibility index (Phi) is 5.09. The van der Waals surface area contributed by atoms with Crippen molar-refractivity contribution < 1.29 is 19.4 Å². The highest BCUT2D eigenvalue weighted by Gasteiger charge is 2.26. The maximum Gasteiger partial charge on any atom is 0.314 e. The summed E-state index contributed by atoms with van der Waals surface area (Å²) in [4.78, 5) is 11.9. The van der Waals surface area contributed by atoms with Gasteiger partial charge in [-0.25, -0.2) is 4.79 Å². The average molecular weight is 342 g/mol. The number of ether oxygens (including phenoxy) is 2. The number of hydrogen-bond donors (Lipinski definition) is 3. The average Bonchev–Trinajstić information content (AvgIpc) is 3.09. The second-order valence-electron chi connectivity index (χ2n) is 6.19. The van der Waals surface area contributed by atoms with E-state index in [0.717, 1.165) is 12.0 Å². The van der Waals surface area contributed by atoms with Gasteiger partial charge in [0.15, 0.2) is 11.5 Å². The van der Waals surface area contributed by atoms with Crippen molar-refractivity contribution in [1.82, 2.24) is 10.6 Å². The molecule has 1 atom stereocenters. The predicted molar refractivity (Wildman–Crippen MR) is 93.7 cm³/mol. The number of benzene rings is 2. The molecule has 3 rings (SSSR count). The van der Waals surface area contributed by atoms with Crippen LogP contribution in [0.15, 0.2) is 48.5 Å². The van der Waals surface area contributed by atoms with Crippen LogP contribution >= 0.6 is 0 Å². The highest BCUT2D eigenvalue weighted by molar-refractivity contribution is 5.73. The minimum Gasteiger partial charge on any atom is -0.454 e. The van der Waals surface area contributed by atoms with Crippen LogP contribution in [0.1, 0.15) is 18.1 Å². The van der Waals surface area contributed by atoms with Crippen molar-refractivity contribution in [3.8, 4) is 11.5 Å². The SMILES string of the molecule is CC(O)(CNC(=O)NCCc1ccccc1)c1ccc2c(c1)OCO2. The molecule has 1 unspecified atom stereocenters. The van der Waals surface area contributed by atoms with Crippen molar-refractivity contribution >= 4 is 6.03 Å². The summed E-state index contributed by atoms with van der Waals surface area (Å²) in [6, 6.07) is 14.9. The first-order chi connectivity index (χ1) is 12.0. The van der Waals surface area contributed by atoms with Crippen LogP contribution in [0.3, 0.4) is 0 Å². The van der Waals surface area contributed by atoms with Crippen LogP contribution < -0.4 is 20.1 Å². The topological polar surface area (TPSA) is 79.8 Å². The summed E-state index contributed by atoms with van der Waals surface area (Å²) in [5, 5.41) is 16.1. The van der Waals surface area contributed by atoms with Gasteiger partial charge in [0, 0.05) is 6.54 Å². The molecular weight excluding hydrogens is 320 g/mol. The number of carbonyl (C=O) groups is 1. The van der Waals surface area contributed by atoms with Crippen LogP contribution in [0.25, 0.3) is 0 Å². The van der Waals surface area contributed by atoms with Crippen molar-refractivity contribution in [2.24, 2.45) is 0 Å². The Balaban J connectivity index is 1.47. The molecule has 1 aliphatic rings. The van der Waals surface area contributed by atoms with Gasteiger partial charge < -0.3 is 25.2 Å². The van der Waals surface area contributed by atoms with Gasteiger partial charge in [-0.2, -0.15) is 0 Å². The summed E-state index contributed by atoms with van der Waals surface area (Å²) in [7, 11) is 0. The summed E-state index contributed by atoms with van der Waals surface area (Å²) in [6.45, 7) is 2.45. The molecule has 0 aliphatic carbocycles. The Bertz CT molecular complexity index is 731. The lowest BCUT2D eigenvalue weighted by molar-refractivity contribution is 0.0592. The van der Waals surface area contributed by atoms with E-state index in [1.165, 1.54) is 0 Å². The van der Waals surface area contributed by atoms with E-state index < -0.39 is 5.60 Å². The van der Waals surface area contributed by atoms with Gasteiger partial charge in [0.05, 0.1) is 6.54 Å². The van der Waals surface area contributed by atoms with Gasteiger partial charge in [0.2, 0.25) is 6.79 Å². The van der Waals surface area contributed by atoms with E-state index in [-0.39, 0.29) is 19.4 Å². The number of aliphatic hydroxyl groups is 1. The van der Waals surface area contributed by atoms with Gasteiger partial charge in [-0.05, 0) is 36.6 Å². The quantitative estimate of drug-likeness (QED) is 0.752. The number of urea groups is 1. The zero-order chi connectivity index (χ0) is 17.7. The lowest BCUT2D eigenvalue weighted by atomic mass is 9.95. The van der Waals surface area contributed by atoms with Gasteiger partial charge >= 0.3 is 6.03 Å². The molecule has 2 aromatic rings. The Morgan fingerprint density at radius 2 is 1.88 bits per heavy atom. The van der Waals surface area contributed by atoms with Gasteiger partial charge in [0.25, 0.3) is 0 Å². The van der Waals surface area contributed by atoms with Crippen molar-refractivity contribution in [1.29, 1.82) is 0 Å². The van der Waals surface area contributed by atoms with E-state index in [0.29, 0.717) is 23.6 Å². The highest BCUT2D eigenvalue weighted by Crippen LogP contribution is 2.35. The number of carbonyl (C=O) groups excluding carboxylic acids is 1. The maximum absolute atomic E-state index is 11.9. The zero-order valence-electron chi connectivity index (χ0n) is 14.1. The van der Waals surface area contributed by atoms with E-state index in [1.54, 1.807) is 25.1 Å². The minimum atomic E-state index is -1.21. The molecule has 6 heteroatoms. The van der Waals surface area contributed by atoms with E-state index in [4.69, 9.17) is 9.47 Å². The number of hydrogen-bond acceptors (Lipinski definition) is 4. The number of fused-ring (bicyclic) bond motifs is 1. The van der Waals surface area contributed by atoms with Crippen LogP contribution in [-0.4, -0.2) is 31.0 Å². The maximum atomic E-state index is 11.9. The molecule has 2 amide bonds. The van der Waals surface area contributed by atoms with E-state index in [1.807, 2.05) is 30.3 Å². The molecule has 3 N–H and O–H groups in total. The standard InChI is InChI=1S/C19H22N2O4/c1-19(23,15-7-8-16-17(11-15)25-13-24-16)12-21-18(22)20-10-9-14-5-3-2-4-6-14/h2-8,11,23H,9-10,12-13H2,1H3,(H2,20,21,22). The van der Waals surface area contributed by atoms with Crippen molar-refractivity contribution in [2.45, 2.75) is 18.9 Å². The molecule has 0 saturated heterocycles. The van der Waals surface area contributed by atoms with Gasteiger partial charge in [-0.3, -0.25) is 0 Å². The molecule has 1 aliphatic heterocycles. The molecule has 0 bridgehead atoms.